The molecule has 2 N–H and O–H groups in total. The number of aromatic nitrogens is 1. The Balaban J connectivity index is 0.737. The number of piperidine rings is 4. The first-order valence-electron chi connectivity index (χ1n) is 21.0. The van der Waals surface area contributed by atoms with Crippen molar-refractivity contribution in [1.82, 2.24) is 20.1 Å². The van der Waals surface area contributed by atoms with Crippen LogP contribution in [0.2, 0.25) is 0 Å². The number of hydrogen-bond donors (Lipinski definition) is 2. The molecule has 326 valence electrons. The summed E-state index contributed by atoms with van der Waals surface area (Å²) in [5.74, 6) is -1.93. The van der Waals surface area contributed by atoms with Gasteiger partial charge in [-0.2, -0.15) is 18.4 Å². The lowest BCUT2D eigenvalue weighted by Crippen LogP contribution is -2.54. The predicted molar refractivity (Wildman–Crippen MR) is 217 cm³/mol. The van der Waals surface area contributed by atoms with Gasteiger partial charge in [0.25, 0.3) is 11.8 Å². The fourth-order valence-corrected chi connectivity index (χ4v) is 9.22. The molecule has 0 spiro atoms. The van der Waals surface area contributed by atoms with Crippen LogP contribution >= 0.6 is 0 Å². The number of likely N-dealkylation sites (tertiary alicyclic amines) is 1. The zero-order valence-corrected chi connectivity index (χ0v) is 33.9. The van der Waals surface area contributed by atoms with E-state index in [2.05, 4.69) is 20.5 Å². The molecule has 18 heteroatoms. The van der Waals surface area contributed by atoms with Crippen LogP contribution in [0.25, 0.3) is 0 Å². The van der Waals surface area contributed by atoms with E-state index < -0.39 is 52.8 Å². The van der Waals surface area contributed by atoms with Crippen molar-refractivity contribution in [2.75, 3.05) is 67.5 Å². The maximum Gasteiger partial charge on any atom is 0.417 e. The lowest BCUT2D eigenvalue weighted by atomic mass is 9.92. The van der Waals surface area contributed by atoms with Gasteiger partial charge in [-0.1, -0.05) is 0 Å². The maximum absolute atomic E-state index is 15.4. The van der Waals surface area contributed by atoms with Crippen LogP contribution in [0, 0.1) is 34.9 Å². The van der Waals surface area contributed by atoms with Crippen molar-refractivity contribution in [2.24, 2.45) is 17.8 Å². The normalized spacial score (nSPS) is 20.9. The summed E-state index contributed by atoms with van der Waals surface area (Å²) in [7, 11) is 0. The Morgan fingerprint density at radius 2 is 1.53 bits per heavy atom. The summed E-state index contributed by atoms with van der Waals surface area (Å²) in [5.41, 5.74) is -0.776. The summed E-state index contributed by atoms with van der Waals surface area (Å²) in [4.78, 5) is 74.8. The molecular weight excluding hydrogens is 813 g/mol. The SMILES string of the molecule is N#Cc1ccc(N2CCC(C(=O)Nc3ccc(OCC4CCN(CC5CCN(c6cc7c(cc6F)C(=O)N(C6CCC(=O)NC6=O)C7=O)CC5)CC4)cn3)CC2)cc1C(F)(F)F. The molecule has 8 rings (SSSR count). The molecule has 5 aliphatic heterocycles. The molecule has 0 aliphatic carbocycles. The average Bonchev–Trinajstić information content (AvgIpc) is 3.50. The molecule has 1 unspecified atom stereocenters. The zero-order chi connectivity index (χ0) is 43.7. The maximum atomic E-state index is 15.4. The number of anilines is 3. The second kappa shape index (κ2) is 17.7. The molecule has 1 atom stereocenters. The Hall–Kier alpha value is -6.09. The third-order valence-electron chi connectivity index (χ3n) is 12.8. The molecule has 3 aromatic rings. The minimum atomic E-state index is -4.64. The van der Waals surface area contributed by atoms with Crippen LogP contribution in [0.3, 0.4) is 0 Å². The van der Waals surface area contributed by atoms with Crippen molar-refractivity contribution in [3.63, 3.8) is 0 Å². The molecule has 1 aromatic heterocycles. The number of fused-ring (bicyclic) bond motifs is 1. The highest BCUT2D eigenvalue weighted by atomic mass is 19.4. The zero-order valence-electron chi connectivity index (χ0n) is 33.9. The number of benzene rings is 2. The third-order valence-corrected chi connectivity index (χ3v) is 12.8. The standard InChI is InChI=1S/C44H46F4N8O6/c45-35-20-32-33(43(61)56(42(32)60)36-4-6-39(57)52-41(36)59)21-37(35)55-15-9-26(10-16-55)24-53-13-7-27(8-14-53)25-62-31-3-5-38(50-23-31)51-40(58)28-11-17-54(18-12-28)30-2-1-29(22-49)34(19-30)44(46,47)48/h1-3,5,19-21,23,26-28,36H,4,6-18,24-25H2,(H,50,51,58)(H,52,57,59). The van der Waals surface area contributed by atoms with Gasteiger partial charge in [0.05, 0.1) is 46.8 Å². The summed E-state index contributed by atoms with van der Waals surface area (Å²) in [5, 5.41) is 14.1. The molecule has 4 fully saturated rings. The first-order valence-corrected chi connectivity index (χ1v) is 21.0. The monoisotopic (exact) mass is 858 g/mol. The number of alkyl halides is 3. The van der Waals surface area contributed by atoms with Gasteiger partial charge in [-0.05, 0) is 112 Å². The van der Waals surface area contributed by atoms with Gasteiger partial charge in [0, 0.05) is 50.7 Å². The first kappa shape index (κ1) is 42.6. The highest BCUT2D eigenvalue weighted by Crippen LogP contribution is 2.37. The van der Waals surface area contributed by atoms with E-state index in [1.165, 1.54) is 18.2 Å². The third kappa shape index (κ3) is 9.08. The van der Waals surface area contributed by atoms with Crippen molar-refractivity contribution in [3.8, 4) is 11.8 Å². The minimum Gasteiger partial charge on any atom is -0.492 e. The number of amides is 5. The van der Waals surface area contributed by atoms with Gasteiger partial charge in [0.1, 0.15) is 23.4 Å². The molecular formula is C44H46F4N8O6. The van der Waals surface area contributed by atoms with E-state index in [4.69, 9.17) is 10.00 Å². The fourth-order valence-electron chi connectivity index (χ4n) is 9.22. The molecule has 5 aliphatic rings. The number of nitrogens with one attached hydrogen (secondary N) is 2. The van der Waals surface area contributed by atoms with Crippen molar-refractivity contribution in [3.05, 3.63) is 76.7 Å². The predicted octanol–water partition coefficient (Wildman–Crippen LogP) is 5.37. The molecule has 6 heterocycles. The van der Waals surface area contributed by atoms with Crippen LogP contribution in [0.1, 0.15) is 83.2 Å². The minimum absolute atomic E-state index is 0.00560. The Bertz CT molecular complexity index is 2280. The van der Waals surface area contributed by atoms with Gasteiger partial charge in [0.2, 0.25) is 17.7 Å². The van der Waals surface area contributed by atoms with E-state index in [0.717, 1.165) is 62.4 Å². The second-order valence-electron chi connectivity index (χ2n) is 16.8. The molecule has 0 bridgehead atoms. The second-order valence-corrected chi connectivity index (χ2v) is 16.8. The fraction of sp³-hybridized carbons (Fsp3) is 0.477. The number of halogens is 4. The van der Waals surface area contributed by atoms with Crippen LogP contribution in [0.5, 0.6) is 5.75 Å². The summed E-state index contributed by atoms with van der Waals surface area (Å²) in [6.07, 6.45) is 1.50. The lowest BCUT2D eigenvalue weighted by Gasteiger charge is -2.38. The number of nitriles is 1. The van der Waals surface area contributed by atoms with Gasteiger partial charge in [-0.15, -0.1) is 0 Å². The number of hydrogen-bond acceptors (Lipinski definition) is 11. The molecule has 2 aromatic carbocycles. The van der Waals surface area contributed by atoms with Gasteiger partial charge in [0.15, 0.2) is 0 Å². The van der Waals surface area contributed by atoms with Gasteiger partial charge >= 0.3 is 6.18 Å². The van der Waals surface area contributed by atoms with Crippen LogP contribution in [-0.2, 0) is 20.6 Å². The first-order chi connectivity index (χ1) is 29.7. The largest absolute Gasteiger partial charge is 0.492 e. The summed E-state index contributed by atoms with van der Waals surface area (Å²) >= 11 is 0. The number of ether oxygens (including phenoxy) is 1. The molecule has 0 saturated carbocycles. The van der Waals surface area contributed by atoms with Gasteiger partial charge in [-0.25, -0.2) is 9.37 Å². The topological polar surface area (TPSA) is 168 Å². The smallest absolute Gasteiger partial charge is 0.417 e. The van der Waals surface area contributed by atoms with Crippen molar-refractivity contribution in [2.45, 2.75) is 63.6 Å². The lowest BCUT2D eigenvalue weighted by molar-refractivity contribution is -0.138. The highest BCUT2D eigenvalue weighted by Gasteiger charge is 2.45. The molecule has 5 amide bonds. The number of pyridine rings is 1. The van der Waals surface area contributed by atoms with E-state index >= 15 is 4.39 Å². The molecule has 14 nitrogen and oxygen atoms in total. The molecule has 0 radical (unpaired) electrons. The number of imide groups is 2. The van der Waals surface area contributed by atoms with Gasteiger partial charge < -0.3 is 24.8 Å². The van der Waals surface area contributed by atoms with E-state index in [0.29, 0.717) is 74.7 Å². The van der Waals surface area contributed by atoms with Gasteiger partial charge in [-0.3, -0.25) is 34.2 Å². The van der Waals surface area contributed by atoms with Crippen molar-refractivity contribution in [1.29, 1.82) is 5.26 Å². The van der Waals surface area contributed by atoms with E-state index in [1.54, 1.807) is 29.3 Å². The Morgan fingerprint density at radius 3 is 2.18 bits per heavy atom. The van der Waals surface area contributed by atoms with E-state index in [-0.39, 0.29) is 41.5 Å². The Kier molecular flexibility index (Phi) is 12.2. The van der Waals surface area contributed by atoms with Crippen LogP contribution in [-0.4, -0.2) is 103 Å². The van der Waals surface area contributed by atoms with Crippen LogP contribution in [0.15, 0.2) is 48.7 Å². The summed E-state index contributed by atoms with van der Waals surface area (Å²) in [6.45, 7) is 5.30. The molecule has 4 saturated heterocycles. The number of rotatable bonds is 10. The summed E-state index contributed by atoms with van der Waals surface area (Å²) in [6, 6.07) is 10.1. The number of nitrogens with zero attached hydrogens (tertiary/aromatic N) is 6. The quantitative estimate of drug-likeness (QED) is 0.199. The van der Waals surface area contributed by atoms with E-state index in [1.807, 2.05) is 4.90 Å². The van der Waals surface area contributed by atoms with Crippen LogP contribution in [0.4, 0.5) is 34.8 Å². The highest BCUT2D eigenvalue weighted by molar-refractivity contribution is 6.23. The number of carbonyl (C=O) groups is 5. The van der Waals surface area contributed by atoms with Crippen LogP contribution < -0.4 is 25.2 Å². The Morgan fingerprint density at radius 1 is 0.855 bits per heavy atom. The van der Waals surface area contributed by atoms with Crippen molar-refractivity contribution < 1.29 is 46.3 Å². The van der Waals surface area contributed by atoms with E-state index in [9.17, 15) is 37.1 Å². The summed E-state index contributed by atoms with van der Waals surface area (Å²) < 4.78 is 61.8. The van der Waals surface area contributed by atoms with Crippen molar-refractivity contribution >= 4 is 46.7 Å². The number of carbonyl (C=O) groups excluding carboxylic acids is 5. The molecule has 62 heavy (non-hydrogen) atoms. The average molecular weight is 859 g/mol. The Labute approximate surface area is 355 Å².